The maximum atomic E-state index is 12.2. The number of carbonyl (C=O) groups excluding carboxylic acids is 1. The summed E-state index contributed by atoms with van der Waals surface area (Å²) in [6.45, 7) is 2.60. The topological polar surface area (TPSA) is 108 Å². The number of rotatable bonds is 8. The number of anilines is 2. The summed E-state index contributed by atoms with van der Waals surface area (Å²) < 4.78 is 29.1. The van der Waals surface area contributed by atoms with Gasteiger partial charge in [-0.3, -0.25) is 4.72 Å². The van der Waals surface area contributed by atoms with Crippen molar-refractivity contribution in [2.75, 3.05) is 24.1 Å². The lowest BCUT2D eigenvalue weighted by molar-refractivity contribution is 0.246. The average Bonchev–Trinajstić information content (AvgIpc) is 3.07. The van der Waals surface area contributed by atoms with Crippen LogP contribution in [0.5, 0.6) is 0 Å². The van der Waals surface area contributed by atoms with Gasteiger partial charge in [-0.2, -0.15) is 12.7 Å². The largest absolute Gasteiger partial charge is 0.335 e. The highest BCUT2D eigenvalue weighted by molar-refractivity contribution is 7.90. The van der Waals surface area contributed by atoms with Gasteiger partial charge in [-0.25, -0.2) is 9.78 Å². The number of hydrogen-bond acceptors (Lipinski definition) is 4. The minimum absolute atomic E-state index is 0.0559. The van der Waals surface area contributed by atoms with Crippen LogP contribution in [0.4, 0.5) is 16.2 Å². The van der Waals surface area contributed by atoms with Crippen LogP contribution in [0.3, 0.4) is 0 Å². The fourth-order valence-corrected chi connectivity index (χ4v) is 2.79. The molecule has 0 aliphatic carbocycles. The molecule has 1 aromatic carbocycles. The Balaban J connectivity index is 1.97. The van der Waals surface area contributed by atoms with Crippen molar-refractivity contribution < 1.29 is 13.2 Å². The third kappa shape index (κ3) is 5.74. The van der Waals surface area contributed by atoms with E-state index in [0.29, 0.717) is 17.9 Å². The maximum absolute atomic E-state index is 12.2. The van der Waals surface area contributed by atoms with E-state index in [0.717, 1.165) is 10.7 Å². The van der Waals surface area contributed by atoms with Gasteiger partial charge in [0.05, 0.1) is 12.0 Å². The monoisotopic (exact) mass is 380 g/mol. The molecule has 1 heterocycles. The van der Waals surface area contributed by atoms with Crippen molar-refractivity contribution in [1.29, 1.82) is 0 Å². The van der Waals surface area contributed by atoms with E-state index in [-0.39, 0.29) is 12.1 Å². The van der Waals surface area contributed by atoms with Crippen LogP contribution in [0.1, 0.15) is 13.3 Å². The minimum Gasteiger partial charge on any atom is -0.335 e. The first-order chi connectivity index (χ1) is 12.3. The Kier molecular flexibility index (Phi) is 6.58. The number of benzene rings is 1. The van der Waals surface area contributed by atoms with Crippen molar-refractivity contribution in [3.8, 4) is 0 Å². The molecule has 0 bridgehead atoms. The summed E-state index contributed by atoms with van der Waals surface area (Å²) in [7, 11) is -0.735. The Morgan fingerprint density at radius 3 is 2.65 bits per heavy atom. The number of imidazole rings is 1. The van der Waals surface area contributed by atoms with Crippen molar-refractivity contribution in [2.45, 2.75) is 25.9 Å². The third-order valence-electron chi connectivity index (χ3n) is 3.67. The van der Waals surface area contributed by atoms with Crippen molar-refractivity contribution in [2.24, 2.45) is 0 Å². The fourth-order valence-electron chi connectivity index (χ4n) is 2.18. The van der Waals surface area contributed by atoms with E-state index >= 15 is 0 Å². The number of carbonyl (C=O) groups is 1. The molecule has 2 amide bonds. The summed E-state index contributed by atoms with van der Waals surface area (Å²) in [5, 5.41) is 5.61. The van der Waals surface area contributed by atoms with Crippen molar-refractivity contribution in [3.05, 3.63) is 43.0 Å². The number of nitrogens with zero attached hydrogens (tertiary/aromatic N) is 3. The van der Waals surface area contributed by atoms with Crippen LogP contribution in [-0.2, 0) is 16.8 Å². The summed E-state index contributed by atoms with van der Waals surface area (Å²) in [5.74, 6) is 0. The minimum atomic E-state index is -3.60. The van der Waals surface area contributed by atoms with Gasteiger partial charge in [-0.15, -0.1) is 0 Å². The fraction of sp³-hybridized carbons (Fsp3) is 0.375. The molecule has 2 aromatic rings. The zero-order valence-corrected chi connectivity index (χ0v) is 15.8. The smallest absolute Gasteiger partial charge is 0.319 e. The Labute approximate surface area is 153 Å². The molecule has 3 N–H and O–H groups in total. The number of hydrogen-bond donors (Lipinski definition) is 3. The Morgan fingerprint density at radius 2 is 2.04 bits per heavy atom. The van der Waals surface area contributed by atoms with Gasteiger partial charge in [-0.05, 0) is 24.6 Å². The van der Waals surface area contributed by atoms with Gasteiger partial charge in [0.1, 0.15) is 0 Å². The third-order valence-corrected chi connectivity index (χ3v) is 5.12. The van der Waals surface area contributed by atoms with E-state index in [1.165, 1.54) is 14.1 Å². The summed E-state index contributed by atoms with van der Waals surface area (Å²) in [6.07, 6.45) is 5.98. The summed E-state index contributed by atoms with van der Waals surface area (Å²) >= 11 is 0. The Hall–Kier alpha value is -2.59. The molecule has 0 unspecified atom stereocenters. The standard InChI is InChI=1S/C16H24N6O3S/c1-4-13(11-22-9-8-17-12-22)18-16(23)19-14-6-5-7-15(10-14)20-26(24,25)21(2)3/h5-10,12-13,20H,4,11H2,1-3H3,(H2,18,19,23)/t13-/m1/s1. The number of amides is 2. The first-order valence-electron chi connectivity index (χ1n) is 8.13. The molecular formula is C16H24N6O3S. The number of urea groups is 1. The number of aromatic nitrogens is 2. The molecule has 0 aliphatic heterocycles. The van der Waals surface area contributed by atoms with Gasteiger partial charge in [0, 0.05) is 44.8 Å². The summed E-state index contributed by atoms with van der Waals surface area (Å²) in [5.41, 5.74) is 0.848. The van der Waals surface area contributed by atoms with Crippen LogP contribution >= 0.6 is 0 Å². The Bertz CT molecular complexity index is 820. The molecular weight excluding hydrogens is 356 g/mol. The van der Waals surface area contributed by atoms with E-state index in [4.69, 9.17) is 0 Å². The number of nitrogens with one attached hydrogen (secondary N) is 3. The van der Waals surface area contributed by atoms with E-state index in [1.54, 1.807) is 36.8 Å². The van der Waals surface area contributed by atoms with Gasteiger partial charge in [0.15, 0.2) is 0 Å². The van der Waals surface area contributed by atoms with Crippen LogP contribution in [0.2, 0.25) is 0 Å². The van der Waals surface area contributed by atoms with E-state index in [2.05, 4.69) is 20.3 Å². The van der Waals surface area contributed by atoms with Crippen LogP contribution in [-0.4, -0.2) is 48.4 Å². The highest BCUT2D eigenvalue weighted by atomic mass is 32.2. The first-order valence-corrected chi connectivity index (χ1v) is 9.57. The molecule has 142 valence electrons. The lowest BCUT2D eigenvalue weighted by Crippen LogP contribution is -2.40. The summed E-state index contributed by atoms with van der Waals surface area (Å²) in [6, 6.07) is 6.09. The van der Waals surface area contributed by atoms with Crippen molar-refractivity contribution >= 4 is 27.6 Å². The van der Waals surface area contributed by atoms with E-state index in [9.17, 15) is 13.2 Å². The zero-order chi connectivity index (χ0) is 19.2. The van der Waals surface area contributed by atoms with Crippen LogP contribution < -0.4 is 15.4 Å². The molecule has 1 atom stereocenters. The van der Waals surface area contributed by atoms with E-state index in [1.807, 2.05) is 17.7 Å². The maximum Gasteiger partial charge on any atom is 0.319 e. The van der Waals surface area contributed by atoms with Gasteiger partial charge >= 0.3 is 16.2 Å². The second-order valence-electron chi connectivity index (χ2n) is 5.93. The van der Waals surface area contributed by atoms with Crippen LogP contribution in [0.25, 0.3) is 0 Å². The predicted molar refractivity (Wildman–Crippen MR) is 101 cm³/mol. The molecule has 26 heavy (non-hydrogen) atoms. The van der Waals surface area contributed by atoms with Gasteiger partial charge in [0.25, 0.3) is 0 Å². The second-order valence-corrected chi connectivity index (χ2v) is 7.82. The average molecular weight is 380 g/mol. The SMILES string of the molecule is CC[C@H](Cn1ccnc1)NC(=O)Nc1cccc(NS(=O)(=O)N(C)C)c1. The molecule has 0 fully saturated rings. The molecule has 0 radical (unpaired) electrons. The molecule has 9 nitrogen and oxygen atoms in total. The van der Waals surface area contributed by atoms with Crippen LogP contribution in [0.15, 0.2) is 43.0 Å². The zero-order valence-electron chi connectivity index (χ0n) is 15.0. The molecule has 1 aromatic heterocycles. The first kappa shape index (κ1) is 19.7. The quantitative estimate of drug-likeness (QED) is 0.648. The van der Waals surface area contributed by atoms with Crippen LogP contribution in [0, 0.1) is 0 Å². The van der Waals surface area contributed by atoms with Gasteiger partial charge in [-0.1, -0.05) is 13.0 Å². The van der Waals surface area contributed by atoms with Gasteiger partial charge in [0.2, 0.25) is 0 Å². The van der Waals surface area contributed by atoms with Gasteiger partial charge < -0.3 is 15.2 Å². The van der Waals surface area contributed by atoms with Crippen molar-refractivity contribution in [1.82, 2.24) is 19.2 Å². The highest BCUT2D eigenvalue weighted by Crippen LogP contribution is 2.17. The summed E-state index contributed by atoms with van der Waals surface area (Å²) in [4.78, 5) is 16.2. The lowest BCUT2D eigenvalue weighted by Gasteiger charge is -2.18. The highest BCUT2D eigenvalue weighted by Gasteiger charge is 2.14. The van der Waals surface area contributed by atoms with E-state index < -0.39 is 10.2 Å². The molecule has 0 saturated carbocycles. The molecule has 0 saturated heterocycles. The Morgan fingerprint density at radius 1 is 1.31 bits per heavy atom. The molecule has 0 aliphatic rings. The van der Waals surface area contributed by atoms with Crippen molar-refractivity contribution in [3.63, 3.8) is 0 Å². The normalized spacial score (nSPS) is 12.6. The predicted octanol–water partition coefficient (Wildman–Crippen LogP) is 1.70. The second kappa shape index (κ2) is 8.68. The molecule has 0 spiro atoms. The molecule has 10 heteroatoms. The lowest BCUT2D eigenvalue weighted by atomic mass is 10.2. The molecule has 2 rings (SSSR count).